The first-order chi connectivity index (χ1) is 10.5. The number of carbonyl (C=O) groups excluding carboxylic acids is 1. The highest BCUT2D eigenvalue weighted by atomic mass is 79.9. The maximum atomic E-state index is 15.1. The van der Waals surface area contributed by atoms with E-state index < -0.39 is 5.67 Å². The second-order valence-electron chi connectivity index (χ2n) is 6.68. The topological polar surface area (TPSA) is 17.1 Å². The van der Waals surface area contributed by atoms with E-state index in [-0.39, 0.29) is 17.6 Å². The van der Waals surface area contributed by atoms with E-state index >= 15 is 4.39 Å². The molecule has 1 nitrogen and oxygen atoms in total. The van der Waals surface area contributed by atoms with Crippen LogP contribution in [-0.2, 0) is 11.2 Å². The molecule has 0 amide bonds. The lowest BCUT2D eigenvalue weighted by atomic mass is 9.81. The summed E-state index contributed by atoms with van der Waals surface area (Å²) in [5, 5.41) is 0. The Bertz CT molecular complexity index is 592. The molecular weight excluding hydrogens is 343 g/mol. The highest BCUT2D eigenvalue weighted by Crippen LogP contribution is 2.53. The van der Waals surface area contributed by atoms with Gasteiger partial charge in [0.25, 0.3) is 0 Å². The van der Waals surface area contributed by atoms with E-state index in [1.165, 1.54) is 11.1 Å². The van der Waals surface area contributed by atoms with Crippen molar-refractivity contribution in [2.45, 2.75) is 51.1 Å². The molecule has 1 saturated carbocycles. The van der Waals surface area contributed by atoms with E-state index in [2.05, 4.69) is 34.1 Å². The Hall–Kier alpha value is -0.960. The predicted molar refractivity (Wildman–Crippen MR) is 90.5 cm³/mol. The van der Waals surface area contributed by atoms with E-state index in [4.69, 9.17) is 0 Å². The van der Waals surface area contributed by atoms with Crippen molar-refractivity contribution in [3.8, 4) is 0 Å². The molecule has 2 bridgehead atoms. The summed E-state index contributed by atoms with van der Waals surface area (Å²) in [5.41, 5.74) is 0.996. The minimum absolute atomic E-state index is 0.166. The van der Waals surface area contributed by atoms with Gasteiger partial charge in [-0.05, 0) is 49.3 Å². The SMILES string of the molecule is CCCCC(=O)C1(F)C[C@@H]2C[C@H]1C=C2Cc1ccc(Br)cc1. The van der Waals surface area contributed by atoms with E-state index in [0.29, 0.717) is 12.8 Å². The maximum absolute atomic E-state index is 15.1. The number of Topliss-reactive ketones (excluding diaryl/α,β-unsaturated/α-hetero) is 1. The third-order valence-electron chi connectivity index (χ3n) is 5.15. The first-order valence-corrected chi connectivity index (χ1v) is 8.99. The van der Waals surface area contributed by atoms with Gasteiger partial charge in [-0.3, -0.25) is 4.79 Å². The molecule has 0 heterocycles. The van der Waals surface area contributed by atoms with Gasteiger partial charge in [-0.15, -0.1) is 0 Å². The highest BCUT2D eigenvalue weighted by molar-refractivity contribution is 9.10. The zero-order valence-electron chi connectivity index (χ0n) is 12.9. The fourth-order valence-electron chi connectivity index (χ4n) is 3.87. The Kier molecular flexibility index (Phi) is 4.54. The largest absolute Gasteiger partial charge is 0.296 e. The number of hydrogen-bond acceptors (Lipinski definition) is 1. The molecule has 1 aromatic carbocycles. The van der Waals surface area contributed by atoms with Gasteiger partial charge >= 0.3 is 0 Å². The summed E-state index contributed by atoms with van der Waals surface area (Å²) in [6.45, 7) is 2.04. The first-order valence-electron chi connectivity index (χ1n) is 8.20. The van der Waals surface area contributed by atoms with Crippen molar-refractivity contribution >= 4 is 21.7 Å². The third-order valence-corrected chi connectivity index (χ3v) is 5.68. The van der Waals surface area contributed by atoms with Crippen LogP contribution >= 0.6 is 15.9 Å². The molecule has 1 fully saturated rings. The van der Waals surface area contributed by atoms with Crippen LogP contribution < -0.4 is 0 Å². The molecule has 0 saturated heterocycles. The number of allylic oxidation sites excluding steroid dienone is 2. The molecule has 2 aliphatic carbocycles. The van der Waals surface area contributed by atoms with E-state index in [1.807, 2.05) is 19.1 Å². The van der Waals surface area contributed by atoms with Crippen LogP contribution in [0.25, 0.3) is 0 Å². The Balaban J connectivity index is 1.69. The fraction of sp³-hybridized carbons (Fsp3) is 0.526. The molecular formula is C19H22BrFO. The molecule has 2 aliphatic rings. The minimum atomic E-state index is -1.58. The first kappa shape index (κ1) is 15.9. The molecule has 0 spiro atoms. The molecule has 22 heavy (non-hydrogen) atoms. The number of rotatable bonds is 6. The second kappa shape index (κ2) is 6.27. The average molecular weight is 365 g/mol. The van der Waals surface area contributed by atoms with Gasteiger partial charge in [0.05, 0.1) is 0 Å². The van der Waals surface area contributed by atoms with Crippen molar-refractivity contribution in [1.82, 2.24) is 0 Å². The summed E-state index contributed by atoms with van der Waals surface area (Å²) in [5.74, 6) is -0.0997. The lowest BCUT2D eigenvalue weighted by Gasteiger charge is -2.27. The smallest absolute Gasteiger partial charge is 0.175 e. The normalized spacial score (nSPS) is 29.7. The van der Waals surface area contributed by atoms with Crippen LogP contribution in [0.4, 0.5) is 4.39 Å². The molecule has 3 heteroatoms. The zero-order chi connectivity index (χ0) is 15.7. The summed E-state index contributed by atoms with van der Waals surface area (Å²) >= 11 is 3.44. The van der Waals surface area contributed by atoms with Crippen LogP contribution in [0.3, 0.4) is 0 Å². The standard InChI is InChI=1S/C19H22BrFO/c1-2-3-4-18(22)19(21)12-15-11-16(19)10-14(15)9-13-5-7-17(20)8-6-13/h5-8,10,15-16H,2-4,9,11-12H2,1H3/t15-,16+,19?/m0/s1. The number of carbonyl (C=O) groups is 1. The third kappa shape index (κ3) is 2.92. The maximum Gasteiger partial charge on any atom is 0.175 e. The van der Waals surface area contributed by atoms with Crippen LogP contribution in [0.2, 0.25) is 0 Å². The van der Waals surface area contributed by atoms with Gasteiger partial charge in [-0.1, -0.05) is 53.1 Å². The van der Waals surface area contributed by atoms with E-state index in [0.717, 1.165) is 30.2 Å². The quantitative estimate of drug-likeness (QED) is 0.615. The molecule has 0 N–H and O–H groups in total. The lowest BCUT2D eigenvalue weighted by molar-refractivity contribution is -0.132. The Morgan fingerprint density at radius 1 is 1.36 bits per heavy atom. The van der Waals surface area contributed by atoms with Crippen LogP contribution in [0.1, 0.15) is 44.6 Å². The predicted octanol–water partition coefficient (Wildman–Crippen LogP) is 5.43. The van der Waals surface area contributed by atoms with Crippen LogP contribution in [0.15, 0.2) is 40.4 Å². The van der Waals surface area contributed by atoms with Crippen molar-refractivity contribution in [1.29, 1.82) is 0 Å². The Morgan fingerprint density at radius 3 is 2.68 bits per heavy atom. The van der Waals surface area contributed by atoms with Crippen LogP contribution in [-0.4, -0.2) is 11.5 Å². The Morgan fingerprint density at radius 2 is 2.09 bits per heavy atom. The number of benzene rings is 1. The fourth-order valence-corrected chi connectivity index (χ4v) is 4.14. The Labute approximate surface area is 140 Å². The van der Waals surface area contributed by atoms with Gasteiger partial charge in [0, 0.05) is 16.8 Å². The number of halogens is 2. The zero-order valence-corrected chi connectivity index (χ0v) is 14.5. The molecule has 1 aromatic rings. The van der Waals surface area contributed by atoms with Gasteiger partial charge in [0.2, 0.25) is 0 Å². The molecule has 1 unspecified atom stereocenters. The van der Waals surface area contributed by atoms with Crippen molar-refractivity contribution in [3.63, 3.8) is 0 Å². The van der Waals surface area contributed by atoms with Gasteiger partial charge in [0.1, 0.15) is 0 Å². The number of unbranched alkanes of at least 4 members (excludes halogenated alkanes) is 1. The lowest BCUT2D eigenvalue weighted by Crippen LogP contribution is -2.38. The summed E-state index contributed by atoms with van der Waals surface area (Å²) in [7, 11) is 0. The molecule has 3 atom stereocenters. The highest BCUT2D eigenvalue weighted by Gasteiger charge is 2.55. The summed E-state index contributed by atoms with van der Waals surface area (Å²) in [6, 6.07) is 8.28. The molecule has 0 aromatic heterocycles. The minimum Gasteiger partial charge on any atom is -0.296 e. The number of fused-ring (bicyclic) bond motifs is 2. The van der Waals surface area contributed by atoms with Crippen molar-refractivity contribution in [3.05, 3.63) is 46.0 Å². The molecule has 0 aliphatic heterocycles. The van der Waals surface area contributed by atoms with Gasteiger partial charge < -0.3 is 0 Å². The summed E-state index contributed by atoms with van der Waals surface area (Å²) < 4.78 is 16.2. The summed E-state index contributed by atoms with van der Waals surface area (Å²) in [6.07, 6.45) is 6.31. The van der Waals surface area contributed by atoms with E-state index in [9.17, 15) is 4.79 Å². The average Bonchev–Trinajstić information content (AvgIpc) is 3.04. The number of ketones is 1. The van der Waals surface area contributed by atoms with E-state index in [1.54, 1.807) is 0 Å². The molecule has 118 valence electrons. The summed E-state index contributed by atoms with van der Waals surface area (Å²) in [4.78, 5) is 12.2. The van der Waals surface area contributed by atoms with Crippen LogP contribution in [0.5, 0.6) is 0 Å². The van der Waals surface area contributed by atoms with Gasteiger partial charge in [-0.25, -0.2) is 4.39 Å². The molecule has 0 radical (unpaired) electrons. The van der Waals surface area contributed by atoms with Crippen molar-refractivity contribution in [2.24, 2.45) is 11.8 Å². The van der Waals surface area contributed by atoms with Crippen molar-refractivity contribution in [2.75, 3.05) is 0 Å². The van der Waals surface area contributed by atoms with Crippen molar-refractivity contribution < 1.29 is 9.18 Å². The number of alkyl halides is 1. The number of hydrogen-bond donors (Lipinski definition) is 0. The second-order valence-corrected chi connectivity index (χ2v) is 7.59. The van der Waals surface area contributed by atoms with Gasteiger partial charge in [-0.2, -0.15) is 0 Å². The van der Waals surface area contributed by atoms with Crippen LogP contribution in [0, 0.1) is 11.8 Å². The molecule has 3 rings (SSSR count). The monoisotopic (exact) mass is 364 g/mol. The van der Waals surface area contributed by atoms with Gasteiger partial charge in [0.15, 0.2) is 11.5 Å².